The molecular formula is C15H19ClN6O2. The Labute approximate surface area is 145 Å². The van der Waals surface area contributed by atoms with Gasteiger partial charge in [0.25, 0.3) is 0 Å². The highest BCUT2D eigenvalue weighted by molar-refractivity contribution is 5.79. The Hall–Kier alpha value is -2.42. The van der Waals surface area contributed by atoms with Crippen molar-refractivity contribution in [2.24, 2.45) is 20.4 Å². The molecule has 0 saturated carbocycles. The summed E-state index contributed by atoms with van der Waals surface area (Å²) in [5.74, 6) is 0.427. The summed E-state index contributed by atoms with van der Waals surface area (Å²) in [6, 6.07) is 7.07. The van der Waals surface area contributed by atoms with Gasteiger partial charge in [0.2, 0.25) is 6.73 Å². The smallest absolute Gasteiger partial charge is 0.250 e. The standard InChI is InChI=1S/C15H19N6O2.ClH/c1-13(17-19-15-4-8-21(12-23)9-5-15)16-18-14-2-6-20(7-3-14)10-11-22;/h2-9,22-23H,10-12H2,1H3;1H/q+1;/p-1. The molecule has 2 heterocycles. The van der Waals surface area contributed by atoms with E-state index in [0.717, 1.165) is 0 Å². The van der Waals surface area contributed by atoms with Crippen LogP contribution < -0.4 is 22.3 Å². The lowest BCUT2D eigenvalue weighted by molar-refractivity contribution is -0.729. The van der Waals surface area contributed by atoms with E-state index >= 15 is 0 Å². The quantitative estimate of drug-likeness (QED) is 0.209. The molecule has 0 amide bonds. The van der Waals surface area contributed by atoms with Crippen LogP contribution in [-0.2, 0) is 13.3 Å². The first-order chi connectivity index (χ1) is 11.2. The molecule has 0 atom stereocenters. The van der Waals surface area contributed by atoms with Crippen molar-refractivity contribution in [3.63, 3.8) is 0 Å². The van der Waals surface area contributed by atoms with Crippen molar-refractivity contribution < 1.29 is 27.2 Å². The maximum atomic E-state index is 8.94. The van der Waals surface area contributed by atoms with Crippen molar-refractivity contribution in [1.29, 1.82) is 0 Å². The number of amidine groups is 1. The second kappa shape index (κ2) is 10.4. The molecule has 0 unspecified atom stereocenters. The molecule has 2 N–H and O–H groups in total. The third-order valence-corrected chi connectivity index (χ3v) is 2.89. The van der Waals surface area contributed by atoms with E-state index in [0.29, 0.717) is 23.4 Å². The van der Waals surface area contributed by atoms with Crippen molar-refractivity contribution in [1.82, 2.24) is 4.57 Å². The molecule has 0 radical (unpaired) electrons. The average Bonchev–Trinajstić information content (AvgIpc) is 2.60. The fraction of sp³-hybridized carbons (Fsp3) is 0.267. The van der Waals surface area contributed by atoms with Crippen LogP contribution in [0.3, 0.4) is 0 Å². The number of nitrogens with zero attached hydrogens (tertiary/aromatic N) is 6. The molecule has 0 aliphatic carbocycles. The predicted molar refractivity (Wildman–Crippen MR) is 83.6 cm³/mol. The van der Waals surface area contributed by atoms with Gasteiger partial charge in [-0.25, -0.2) is 0 Å². The Morgan fingerprint density at radius 2 is 1.79 bits per heavy atom. The second-order valence-electron chi connectivity index (χ2n) is 4.68. The summed E-state index contributed by atoms with van der Waals surface area (Å²) >= 11 is 0. The molecule has 0 fully saturated rings. The molecule has 0 saturated heterocycles. The normalized spacial score (nSPS) is 11.4. The van der Waals surface area contributed by atoms with Gasteiger partial charge >= 0.3 is 0 Å². The summed E-state index contributed by atoms with van der Waals surface area (Å²) in [7, 11) is 0. The molecule has 0 spiro atoms. The Morgan fingerprint density at radius 1 is 1.12 bits per heavy atom. The van der Waals surface area contributed by atoms with Gasteiger partial charge in [0.1, 0.15) is 0 Å². The zero-order valence-electron chi connectivity index (χ0n) is 13.2. The average molecular weight is 351 g/mol. The predicted octanol–water partition coefficient (Wildman–Crippen LogP) is -2.26. The highest BCUT2D eigenvalue weighted by Crippen LogP contribution is 2.08. The van der Waals surface area contributed by atoms with Gasteiger partial charge in [-0.1, -0.05) is 0 Å². The molecule has 9 heteroatoms. The fourth-order valence-electron chi connectivity index (χ4n) is 1.67. The lowest BCUT2D eigenvalue weighted by atomic mass is 10.4. The third kappa shape index (κ3) is 6.37. The maximum Gasteiger partial charge on any atom is 0.250 e. The van der Waals surface area contributed by atoms with Crippen LogP contribution in [-0.4, -0.2) is 27.2 Å². The monoisotopic (exact) mass is 350 g/mol. The topological polar surface area (TPSA) is 98.7 Å². The van der Waals surface area contributed by atoms with E-state index in [2.05, 4.69) is 20.4 Å². The highest BCUT2D eigenvalue weighted by Gasteiger charge is 1.97. The first kappa shape index (κ1) is 19.6. The summed E-state index contributed by atoms with van der Waals surface area (Å²) in [5.41, 5.74) is 0.661. The van der Waals surface area contributed by atoms with Crippen LogP contribution >= 0.6 is 0 Å². The van der Waals surface area contributed by atoms with Gasteiger partial charge in [-0.15, -0.1) is 20.4 Å². The van der Waals surface area contributed by atoms with Gasteiger partial charge < -0.3 is 27.2 Å². The molecule has 24 heavy (non-hydrogen) atoms. The van der Waals surface area contributed by atoms with Gasteiger partial charge in [-0.3, -0.25) is 0 Å². The Kier molecular flexibility index (Phi) is 8.48. The van der Waals surface area contributed by atoms with E-state index in [9.17, 15) is 0 Å². The Morgan fingerprint density at radius 3 is 2.38 bits per heavy atom. The zero-order chi connectivity index (χ0) is 16.5. The Balaban J connectivity index is 0.00000288. The van der Waals surface area contributed by atoms with E-state index in [1.165, 1.54) is 0 Å². The summed E-state index contributed by atoms with van der Waals surface area (Å²) in [4.78, 5) is 0. The van der Waals surface area contributed by atoms with Crippen LogP contribution in [0.5, 0.6) is 0 Å². The van der Waals surface area contributed by atoms with Crippen molar-refractivity contribution in [3.05, 3.63) is 54.4 Å². The number of hydrogen-bond acceptors (Lipinski definition) is 5. The SMILES string of the molecule is CC(N=Nc1cc[n+](CO)cc1)=NN=c1ccn(CCO)cc1.[Cl-]. The van der Waals surface area contributed by atoms with Crippen LogP contribution in [0.4, 0.5) is 5.69 Å². The molecule has 8 nitrogen and oxygen atoms in total. The second-order valence-corrected chi connectivity index (χ2v) is 4.68. The molecule has 0 aliphatic rings. The summed E-state index contributed by atoms with van der Waals surface area (Å²) in [5, 5.41) is 34.6. The minimum Gasteiger partial charge on any atom is -1.00 e. The van der Waals surface area contributed by atoms with Crippen molar-refractivity contribution in [2.45, 2.75) is 20.2 Å². The van der Waals surface area contributed by atoms with E-state index in [1.807, 2.05) is 17.0 Å². The number of pyridine rings is 2. The van der Waals surface area contributed by atoms with Crippen molar-refractivity contribution in [2.75, 3.05) is 6.61 Å². The van der Waals surface area contributed by atoms with Crippen LogP contribution in [0.25, 0.3) is 0 Å². The molecule has 2 rings (SSSR count). The number of aromatic nitrogens is 2. The third-order valence-electron chi connectivity index (χ3n) is 2.89. The first-order valence-electron chi connectivity index (χ1n) is 7.08. The lowest BCUT2D eigenvalue weighted by Gasteiger charge is -2.01. The number of azo groups is 1. The van der Waals surface area contributed by atoms with Crippen molar-refractivity contribution >= 4 is 11.5 Å². The van der Waals surface area contributed by atoms with Gasteiger partial charge in [0.05, 0.1) is 17.7 Å². The minimum absolute atomic E-state index is 0. The number of aliphatic hydroxyl groups is 2. The summed E-state index contributed by atoms with van der Waals surface area (Å²) in [6.07, 6.45) is 7.05. The van der Waals surface area contributed by atoms with Gasteiger partial charge in [-0.05, 0) is 19.1 Å². The highest BCUT2D eigenvalue weighted by atomic mass is 35.5. The Bertz CT molecular complexity index is 735. The molecule has 0 aliphatic heterocycles. The molecule has 0 bridgehead atoms. The number of rotatable bonds is 5. The summed E-state index contributed by atoms with van der Waals surface area (Å²) in [6.45, 7) is 2.27. The van der Waals surface area contributed by atoms with Gasteiger partial charge in [0.15, 0.2) is 18.2 Å². The summed E-state index contributed by atoms with van der Waals surface area (Å²) < 4.78 is 3.46. The number of halogens is 1. The van der Waals surface area contributed by atoms with Crippen LogP contribution in [0, 0.1) is 0 Å². The number of aliphatic hydroxyl groups excluding tert-OH is 2. The molecule has 0 aromatic carbocycles. The first-order valence-corrected chi connectivity index (χ1v) is 7.08. The molecule has 128 valence electrons. The number of hydrogen-bond donors (Lipinski definition) is 2. The van der Waals surface area contributed by atoms with E-state index < -0.39 is 0 Å². The lowest BCUT2D eigenvalue weighted by Crippen LogP contribution is -3.00. The molecule has 2 aromatic heterocycles. The molecular weight excluding hydrogens is 332 g/mol. The maximum absolute atomic E-state index is 8.94. The van der Waals surface area contributed by atoms with E-state index in [4.69, 9.17) is 10.2 Å². The van der Waals surface area contributed by atoms with Gasteiger partial charge in [-0.2, -0.15) is 4.57 Å². The van der Waals surface area contributed by atoms with Crippen LogP contribution in [0.1, 0.15) is 6.92 Å². The zero-order valence-corrected chi connectivity index (χ0v) is 14.0. The van der Waals surface area contributed by atoms with Crippen LogP contribution in [0.15, 0.2) is 69.5 Å². The van der Waals surface area contributed by atoms with E-state index in [-0.39, 0.29) is 25.7 Å². The molecule has 2 aromatic rings. The van der Waals surface area contributed by atoms with Gasteiger partial charge in [0, 0.05) is 31.1 Å². The largest absolute Gasteiger partial charge is 1.00 e. The van der Waals surface area contributed by atoms with Crippen molar-refractivity contribution in [3.8, 4) is 0 Å². The fourth-order valence-corrected chi connectivity index (χ4v) is 1.67. The van der Waals surface area contributed by atoms with Crippen LogP contribution in [0.2, 0.25) is 0 Å². The van der Waals surface area contributed by atoms with E-state index in [1.54, 1.807) is 48.1 Å². The minimum atomic E-state index is -0.0772.